The van der Waals surface area contributed by atoms with Crippen LogP contribution in [0.4, 0.5) is 10.5 Å². The summed E-state index contributed by atoms with van der Waals surface area (Å²) < 4.78 is 24.3. The molecule has 1 aromatic carbocycles. The second-order valence-corrected chi connectivity index (χ2v) is 7.77. The number of urea groups is 1. The average molecular weight is 400 g/mol. The highest BCUT2D eigenvalue weighted by Crippen LogP contribution is 2.21. The number of carbonyl (C=O) groups excluding carboxylic acids is 1. The SMILES string of the molecule is C[C@@H](c1ccc(S(N)(=O)=O)cc1)N(C)C(=O)Nc1cnn(-c2ccncc2)c1. The summed E-state index contributed by atoms with van der Waals surface area (Å²) in [5.74, 6) is 0. The molecule has 3 aromatic rings. The molecule has 2 aromatic heterocycles. The van der Waals surface area contributed by atoms with Gasteiger partial charge in [-0.15, -0.1) is 0 Å². The van der Waals surface area contributed by atoms with Crippen molar-refractivity contribution >= 4 is 21.7 Å². The van der Waals surface area contributed by atoms with Crippen molar-refractivity contribution in [3.63, 3.8) is 0 Å². The molecule has 0 saturated heterocycles. The lowest BCUT2D eigenvalue weighted by atomic mass is 10.1. The number of amides is 2. The second-order valence-electron chi connectivity index (χ2n) is 6.21. The average Bonchev–Trinajstić information content (AvgIpc) is 3.15. The van der Waals surface area contributed by atoms with Crippen LogP contribution < -0.4 is 10.5 Å². The second kappa shape index (κ2) is 7.79. The Morgan fingerprint density at radius 3 is 2.43 bits per heavy atom. The van der Waals surface area contributed by atoms with Crippen LogP contribution in [0.5, 0.6) is 0 Å². The van der Waals surface area contributed by atoms with Crippen LogP contribution in [-0.2, 0) is 10.0 Å². The quantitative estimate of drug-likeness (QED) is 0.679. The number of sulfonamides is 1. The van der Waals surface area contributed by atoms with Crippen LogP contribution in [0.15, 0.2) is 66.1 Å². The molecule has 0 aliphatic rings. The third-order valence-corrected chi connectivity index (χ3v) is 5.28. The standard InChI is InChI=1S/C18H20N6O3S/c1-13(14-3-5-17(6-4-14)28(19,26)27)23(2)18(25)22-15-11-21-24(12-15)16-7-9-20-10-8-16/h3-13H,1-2H3,(H,22,25)(H2,19,26,27)/t13-/m0/s1. The zero-order valence-corrected chi connectivity index (χ0v) is 16.2. The molecule has 0 radical (unpaired) electrons. The van der Waals surface area contributed by atoms with Crippen LogP contribution in [-0.4, -0.2) is 41.2 Å². The molecule has 1 atom stereocenters. The van der Waals surface area contributed by atoms with Gasteiger partial charge in [-0.1, -0.05) is 12.1 Å². The molecule has 28 heavy (non-hydrogen) atoms. The minimum atomic E-state index is -3.75. The van der Waals surface area contributed by atoms with E-state index in [0.29, 0.717) is 5.69 Å². The molecule has 0 saturated carbocycles. The maximum Gasteiger partial charge on any atom is 0.322 e. The molecule has 0 spiro atoms. The molecule has 3 N–H and O–H groups in total. The van der Waals surface area contributed by atoms with Crippen LogP contribution in [0.1, 0.15) is 18.5 Å². The first kappa shape index (κ1) is 19.5. The van der Waals surface area contributed by atoms with Crippen molar-refractivity contribution in [3.8, 4) is 5.69 Å². The van der Waals surface area contributed by atoms with Gasteiger partial charge < -0.3 is 10.2 Å². The van der Waals surface area contributed by atoms with Crippen LogP contribution in [0.25, 0.3) is 5.69 Å². The topological polar surface area (TPSA) is 123 Å². The summed E-state index contributed by atoms with van der Waals surface area (Å²) in [5, 5.41) is 12.1. The first-order chi connectivity index (χ1) is 13.3. The summed E-state index contributed by atoms with van der Waals surface area (Å²) in [7, 11) is -2.10. The van der Waals surface area contributed by atoms with Crippen LogP contribution in [0.3, 0.4) is 0 Å². The monoisotopic (exact) mass is 400 g/mol. The van der Waals surface area contributed by atoms with Crippen molar-refractivity contribution < 1.29 is 13.2 Å². The van der Waals surface area contributed by atoms with Crippen LogP contribution >= 0.6 is 0 Å². The van der Waals surface area contributed by atoms with E-state index < -0.39 is 10.0 Å². The van der Waals surface area contributed by atoms with Crippen molar-refractivity contribution in [2.24, 2.45) is 5.14 Å². The Bertz CT molecular complexity index is 1060. The Hall–Kier alpha value is -3.24. The molecule has 3 rings (SSSR count). The van der Waals surface area contributed by atoms with Gasteiger partial charge in [-0.25, -0.2) is 23.0 Å². The maximum atomic E-state index is 12.6. The van der Waals surface area contributed by atoms with E-state index in [4.69, 9.17) is 5.14 Å². The Balaban J connectivity index is 1.68. The fraction of sp³-hybridized carbons (Fsp3) is 0.167. The zero-order valence-electron chi connectivity index (χ0n) is 15.4. The van der Waals surface area contributed by atoms with Gasteiger partial charge in [0, 0.05) is 19.4 Å². The molecule has 2 heterocycles. The van der Waals surface area contributed by atoms with Gasteiger partial charge >= 0.3 is 6.03 Å². The predicted octanol–water partition coefficient (Wildman–Crippen LogP) is 2.14. The number of nitrogens with two attached hydrogens (primary N) is 1. The molecule has 9 nitrogen and oxygen atoms in total. The van der Waals surface area contributed by atoms with E-state index in [-0.39, 0.29) is 17.0 Å². The number of hydrogen-bond acceptors (Lipinski definition) is 5. The van der Waals surface area contributed by atoms with Crippen molar-refractivity contribution in [2.75, 3.05) is 12.4 Å². The normalized spacial score (nSPS) is 12.4. The van der Waals surface area contributed by atoms with Gasteiger partial charge in [0.05, 0.1) is 34.7 Å². The summed E-state index contributed by atoms with van der Waals surface area (Å²) in [6.07, 6.45) is 6.57. The lowest BCUT2D eigenvalue weighted by Crippen LogP contribution is -2.33. The first-order valence-electron chi connectivity index (χ1n) is 8.37. The van der Waals surface area contributed by atoms with Gasteiger partial charge in [0.15, 0.2) is 0 Å². The molecule has 0 bridgehead atoms. The summed E-state index contributed by atoms with van der Waals surface area (Å²) >= 11 is 0. The lowest BCUT2D eigenvalue weighted by Gasteiger charge is -2.25. The number of pyridine rings is 1. The first-order valence-corrected chi connectivity index (χ1v) is 9.92. The third-order valence-electron chi connectivity index (χ3n) is 4.35. The van der Waals surface area contributed by atoms with Crippen molar-refractivity contribution in [2.45, 2.75) is 17.9 Å². The molecule has 0 aliphatic heterocycles. The van der Waals surface area contributed by atoms with Gasteiger partial charge in [-0.05, 0) is 36.8 Å². The molecular formula is C18H20N6O3S. The number of primary sulfonamides is 1. The lowest BCUT2D eigenvalue weighted by molar-refractivity contribution is 0.208. The predicted molar refractivity (Wildman–Crippen MR) is 104 cm³/mol. The highest BCUT2D eigenvalue weighted by Gasteiger charge is 2.19. The molecule has 0 fully saturated rings. The number of hydrogen-bond donors (Lipinski definition) is 2. The van der Waals surface area contributed by atoms with Crippen molar-refractivity contribution in [1.29, 1.82) is 0 Å². The third kappa shape index (κ3) is 4.35. The van der Waals surface area contributed by atoms with Crippen molar-refractivity contribution in [1.82, 2.24) is 19.7 Å². The summed E-state index contributed by atoms with van der Waals surface area (Å²) in [6.45, 7) is 1.84. The van der Waals surface area contributed by atoms with Crippen LogP contribution in [0, 0.1) is 0 Å². The smallest absolute Gasteiger partial charge is 0.321 e. The highest BCUT2D eigenvalue weighted by molar-refractivity contribution is 7.89. The molecule has 146 valence electrons. The van der Waals surface area contributed by atoms with Gasteiger partial charge in [-0.2, -0.15) is 5.10 Å². The molecule has 2 amide bonds. The maximum absolute atomic E-state index is 12.6. The minimum absolute atomic E-state index is 0.0269. The zero-order chi connectivity index (χ0) is 20.3. The van der Waals surface area contributed by atoms with Crippen molar-refractivity contribution in [3.05, 3.63) is 66.7 Å². The summed E-state index contributed by atoms with van der Waals surface area (Å²) in [6, 6.07) is 9.11. The van der Waals surface area contributed by atoms with E-state index in [0.717, 1.165) is 11.3 Å². The number of carbonyl (C=O) groups is 1. The van der Waals surface area contributed by atoms with Gasteiger partial charge in [0.2, 0.25) is 10.0 Å². The summed E-state index contributed by atoms with van der Waals surface area (Å²) in [4.78, 5) is 18.0. The number of anilines is 1. The fourth-order valence-corrected chi connectivity index (χ4v) is 3.09. The highest BCUT2D eigenvalue weighted by atomic mass is 32.2. The van der Waals surface area contributed by atoms with E-state index in [1.807, 2.05) is 6.92 Å². The largest absolute Gasteiger partial charge is 0.322 e. The van der Waals surface area contributed by atoms with E-state index in [9.17, 15) is 13.2 Å². The van der Waals surface area contributed by atoms with Gasteiger partial charge in [0.1, 0.15) is 0 Å². The number of benzene rings is 1. The van der Waals surface area contributed by atoms with E-state index in [2.05, 4.69) is 15.4 Å². The number of aromatic nitrogens is 3. The Morgan fingerprint density at radius 1 is 1.18 bits per heavy atom. The van der Waals surface area contributed by atoms with Crippen LogP contribution in [0.2, 0.25) is 0 Å². The Kier molecular flexibility index (Phi) is 5.43. The molecular weight excluding hydrogens is 380 g/mol. The van der Waals surface area contributed by atoms with E-state index in [1.165, 1.54) is 17.0 Å². The molecule has 10 heteroatoms. The van der Waals surface area contributed by atoms with Gasteiger partial charge in [0.25, 0.3) is 0 Å². The molecule has 0 unspecified atom stereocenters. The van der Waals surface area contributed by atoms with E-state index >= 15 is 0 Å². The Labute approximate surface area is 162 Å². The summed E-state index contributed by atoms with van der Waals surface area (Å²) in [5.41, 5.74) is 2.15. The number of rotatable bonds is 5. The van der Waals surface area contributed by atoms with Gasteiger partial charge in [-0.3, -0.25) is 4.98 Å². The van der Waals surface area contributed by atoms with E-state index in [1.54, 1.807) is 60.8 Å². The number of nitrogens with zero attached hydrogens (tertiary/aromatic N) is 4. The molecule has 0 aliphatic carbocycles. The fourth-order valence-electron chi connectivity index (χ4n) is 2.57. The Morgan fingerprint density at radius 2 is 1.82 bits per heavy atom. The minimum Gasteiger partial charge on any atom is -0.321 e. The number of nitrogens with one attached hydrogen (secondary N) is 1.